The monoisotopic (exact) mass is 518 g/mol. The molecule has 5 nitrogen and oxygen atoms in total. The number of halogens is 2. The van der Waals surface area contributed by atoms with Crippen molar-refractivity contribution >= 4 is 56.8 Å². The lowest BCUT2D eigenvalue weighted by Gasteiger charge is -2.13. The van der Waals surface area contributed by atoms with Crippen molar-refractivity contribution in [2.24, 2.45) is 0 Å². The molecule has 0 spiro atoms. The highest BCUT2D eigenvalue weighted by molar-refractivity contribution is 9.10. The number of carbonyl (C=O) groups is 2. The van der Waals surface area contributed by atoms with E-state index in [9.17, 15) is 9.59 Å². The van der Waals surface area contributed by atoms with E-state index in [2.05, 4.69) is 26.6 Å². The largest absolute Gasteiger partial charge is 0.496 e. The van der Waals surface area contributed by atoms with Gasteiger partial charge in [-0.15, -0.1) is 0 Å². The van der Waals surface area contributed by atoms with Gasteiger partial charge in [-0.3, -0.25) is 9.59 Å². The lowest BCUT2D eigenvalue weighted by Crippen LogP contribution is -2.23. The Morgan fingerprint density at radius 2 is 1.81 bits per heavy atom. The van der Waals surface area contributed by atoms with Gasteiger partial charge in [0.15, 0.2) is 0 Å². The third-order valence-corrected chi connectivity index (χ3v) is 6.10. The molecule has 0 saturated carbocycles. The zero-order chi connectivity index (χ0) is 22.4. The fourth-order valence-electron chi connectivity index (χ4n) is 2.84. The smallest absolute Gasteiger partial charge is 0.251 e. The van der Waals surface area contributed by atoms with Crippen molar-refractivity contribution in [1.82, 2.24) is 5.32 Å². The molecule has 160 valence electrons. The average Bonchev–Trinajstić information content (AvgIpc) is 2.74. The number of nitrogens with one attached hydrogen (secondary N) is 2. The SMILES string of the molecule is COc1ccc(Br)cc1CNC(=O)c1ccc(Sc2ccc(Cl)cc2)c(NC(C)=O)c1. The fourth-order valence-corrected chi connectivity index (χ4v) is 4.26. The Hall–Kier alpha value is -2.48. The van der Waals surface area contributed by atoms with Gasteiger partial charge in [-0.2, -0.15) is 0 Å². The Morgan fingerprint density at radius 3 is 2.48 bits per heavy atom. The normalized spacial score (nSPS) is 10.5. The van der Waals surface area contributed by atoms with E-state index in [4.69, 9.17) is 16.3 Å². The maximum Gasteiger partial charge on any atom is 0.251 e. The van der Waals surface area contributed by atoms with Crippen molar-refractivity contribution in [1.29, 1.82) is 0 Å². The molecule has 0 radical (unpaired) electrons. The first-order chi connectivity index (χ1) is 14.9. The highest BCUT2D eigenvalue weighted by Gasteiger charge is 2.13. The molecule has 2 N–H and O–H groups in total. The zero-order valence-corrected chi connectivity index (χ0v) is 20.0. The highest BCUT2D eigenvalue weighted by Crippen LogP contribution is 2.35. The molecule has 0 aliphatic carbocycles. The molecule has 3 aromatic carbocycles. The van der Waals surface area contributed by atoms with Gasteiger partial charge in [0.05, 0.1) is 12.8 Å². The van der Waals surface area contributed by atoms with Crippen molar-refractivity contribution in [3.63, 3.8) is 0 Å². The molecule has 3 aromatic rings. The van der Waals surface area contributed by atoms with Crippen LogP contribution >= 0.6 is 39.3 Å². The van der Waals surface area contributed by atoms with E-state index in [0.717, 1.165) is 19.8 Å². The summed E-state index contributed by atoms with van der Waals surface area (Å²) in [7, 11) is 1.59. The van der Waals surface area contributed by atoms with Crippen LogP contribution < -0.4 is 15.4 Å². The number of anilines is 1. The maximum absolute atomic E-state index is 12.7. The molecule has 0 aliphatic heterocycles. The number of hydrogen-bond acceptors (Lipinski definition) is 4. The lowest BCUT2D eigenvalue weighted by atomic mass is 10.1. The van der Waals surface area contributed by atoms with Crippen LogP contribution in [0, 0.1) is 0 Å². The number of ether oxygens (including phenoxy) is 1. The minimum absolute atomic E-state index is 0.214. The van der Waals surface area contributed by atoms with E-state index in [1.165, 1.54) is 18.7 Å². The van der Waals surface area contributed by atoms with Crippen molar-refractivity contribution in [3.8, 4) is 5.75 Å². The van der Waals surface area contributed by atoms with E-state index in [1.807, 2.05) is 36.4 Å². The van der Waals surface area contributed by atoms with Crippen LogP contribution in [0.15, 0.2) is 74.9 Å². The van der Waals surface area contributed by atoms with Gasteiger partial charge in [-0.1, -0.05) is 39.3 Å². The molecule has 0 heterocycles. The van der Waals surface area contributed by atoms with E-state index < -0.39 is 0 Å². The summed E-state index contributed by atoms with van der Waals surface area (Å²) < 4.78 is 6.25. The van der Waals surface area contributed by atoms with Crippen LogP contribution in [0.25, 0.3) is 0 Å². The first-order valence-corrected chi connectivity index (χ1v) is 11.3. The molecule has 0 aromatic heterocycles. The molecular weight excluding hydrogens is 500 g/mol. The van der Waals surface area contributed by atoms with Gasteiger partial charge in [-0.05, 0) is 60.7 Å². The van der Waals surface area contributed by atoms with Crippen molar-refractivity contribution in [2.45, 2.75) is 23.3 Å². The van der Waals surface area contributed by atoms with Crippen LogP contribution in [-0.2, 0) is 11.3 Å². The number of benzene rings is 3. The molecule has 3 rings (SSSR count). The van der Waals surface area contributed by atoms with E-state index in [1.54, 1.807) is 31.4 Å². The van der Waals surface area contributed by atoms with Crippen LogP contribution in [0.2, 0.25) is 5.02 Å². The molecule has 0 unspecified atom stereocenters. The van der Waals surface area contributed by atoms with E-state index >= 15 is 0 Å². The Balaban J connectivity index is 1.79. The van der Waals surface area contributed by atoms with Gasteiger partial charge in [0.2, 0.25) is 5.91 Å². The Kier molecular flexibility index (Phi) is 8.01. The van der Waals surface area contributed by atoms with Gasteiger partial charge in [0.1, 0.15) is 5.75 Å². The van der Waals surface area contributed by atoms with Crippen LogP contribution in [0.3, 0.4) is 0 Å². The second-order valence-corrected chi connectivity index (χ2v) is 9.05. The summed E-state index contributed by atoms with van der Waals surface area (Å²) in [6, 6.07) is 18.2. The molecular formula is C23H20BrClN2O3S. The van der Waals surface area contributed by atoms with Gasteiger partial charge in [0, 0.05) is 43.9 Å². The predicted molar refractivity (Wildman–Crippen MR) is 128 cm³/mol. The summed E-state index contributed by atoms with van der Waals surface area (Å²) in [5, 5.41) is 6.36. The number of amides is 2. The molecule has 2 amide bonds. The summed E-state index contributed by atoms with van der Waals surface area (Å²) >= 11 is 10.9. The number of methoxy groups -OCH3 is 1. The van der Waals surface area contributed by atoms with Crippen LogP contribution in [0.1, 0.15) is 22.8 Å². The summed E-state index contributed by atoms with van der Waals surface area (Å²) in [5.74, 6) is 0.225. The topological polar surface area (TPSA) is 67.4 Å². The van der Waals surface area contributed by atoms with Crippen LogP contribution in [0.5, 0.6) is 5.75 Å². The van der Waals surface area contributed by atoms with Crippen molar-refractivity contribution in [2.75, 3.05) is 12.4 Å². The average molecular weight is 520 g/mol. The van der Waals surface area contributed by atoms with Gasteiger partial charge >= 0.3 is 0 Å². The second kappa shape index (κ2) is 10.7. The molecule has 31 heavy (non-hydrogen) atoms. The molecule has 0 saturated heterocycles. The number of hydrogen-bond donors (Lipinski definition) is 2. The third kappa shape index (κ3) is 6.50. The minimum Gasteiger partial charge on any atom is -0.496 e. The predicted octanol–water partition coefficient (Wildman–Crippen LogP) is 6.15. The molecule has 0 bridgehead atoms. The number of carbonyl (C=O) groups excluding carboxylic acids is 2. The van der Waals surface area contributed by atoms with Crippen molar-refractivity contribution in [3.05, 3.63) is 81.3 Å². The first-order valence-electron chi connectivity index (χ1n) is 9.31. The third-order valence-electron chi connectivity index (χ3n) is 4.28. The standard InChI is InChI=1S/C23H20BrClN2O3S/c1-14(28)27-20-12-15(3-10-22(20)31-19-7-5-18(25)6-8-19)23(29)26-13-16-11-17(24)4-9-21(16)30-2/h3-12H,13H2,1-2H3,(H,26,29)(H,27,28). The number of rotatable bonds is 7. The van der Waals surface area contributed by atoms with Crippen LogP contribution in [-0.4, -0.2) is 18.9 Å². The Morgan fingerprint density at radius 1 is 1.06 bits per heavy atom. The highest BCUT2D eigenvalue weighted by atomic mass is 79.9. The lowest BCUT2D eigenvalue weighted by molar-refractivity contribution is -0.114. The van der Waals surface area contributed by atoms with Gasteiger partial charge in [-0.25, -0.2) is 0 Å². The summed E-state index contributed by atoms with van der Waals surface area (Å²) in [4.78, 5) is 26.2. The van der Waals surface area contributed by atoms with E-state index in [-0.39, 0.29) is 11.8 Å². The van der Waals surface area contributed by atoms with E-state index in [0.29, 0.717) is 28.6 Å². The summed E-state index contributed by atoms with van der Waals surface area (Å²) in [5.41, 5.74) is 1.86. The van der Waals surface area contributed by atoms with Gasteiger partial charge in [0.25, 0.3) is 5.91 Å². The van der Waals surface area contributed by atoms with Crippen LogP contribution in [0.4, 0.5) is 5.69 Å². The van der Waals surface area contributed by atoms with Crippen molar-refractivity contribution < 1.29 is 14.3 Å². The zero-order valence-electron chi connectivity index (χ0n) is 16.9. The minimum atomic E-state index is -0.253. The second-order valence-electron chi connectivity index (χ2n) is 6.59. The first kappa shape index (κ1) is 23.2. The molecule has 0 atom stereocenters. The maximum atomic E-state index is 12.7. The fraction of sp³-hybridized carbons (Fsp3) is 0.130. The summed E-state index contributed by atoms with van der Waals surface area (Å²) in [6.45, 7) is 1.74. The Bertz CT molecular complexity index is 1110. The molecule has 0 aliphatic rings. The van der Waals surface area contributed by atoms with Gasteiger partial charge < -0.3 is 15.4 Å². The molecule has 0 fully saturated rings. The quantitative estimate of drug-likeness (QED) is 0.393. The Labute approximate surface area is 198 Å². The summed E-state index contributed by atoms with van der Waals surface area (Å²) in [6.07, 6.45) is 0. The molecule has 8 heteroatoms.